The van der Waals surface area contributed by atoms with Crippen molar-refractivity contribution in [3.8, 4) is 11.1 Å². The summed E-state index contributed by atoms with van der Waals surface area (Å²) in [5, 5.41) is 4.32. The monoisotopic (exact) mass is 339 g/mol. The van der Waals surface area contributed by atoms with E-state index in [4.69, 9.17) is 12.2 Å². The number of carbonyl (C=O) groups excluding carboxylic acids is 1. The minimum absolute atomic E-state index is 0.225. The van der Waals surface area contributed by atoms with E-state index < -0.39 is 11.6 Å². The van der Waals surface area contributed by atoms with E-state index >= 15 is 0 Å². The fourth-order valence-corrected chi connectivity index (χ4v) is 3.81. The van der Waals surface area contributed by atoms with Crippen LogP contribution >= 0.6 is 35.3 Å². The van der Waals surface area contributed by atoms with Gasteiger partial charge in [-0.2, -0.15) is 0 Å². The Morgan fingerprint density at radius 1 is 1.10 bits per heavy atom. The highest BCUT2D eigenvalue weighted by Gasteiger charge is 2.22. The van der Waals surface area contributed by atoms with Gasteiger partial charge >= 0.3 is 0 Å². The van der Waals surface area contributed by atoms with E-state index in [9.17, 15) is 13.6 Å². The molecule has 0 radical (unpaired) electrons. The van der Waals surface area contributed by atoms with E-state index in [0.29, 0.717) is 20.4 Å². The van der Waals surface area contributed by atoms with Gasteiger partial charge in [-0.25, -0.2) is 8.78 Å². The summed E-state index contributed by atoms with van der Waals surface area (Å²) in [4.78, 5) is 12.9. The summed E-state index contributed by atoms with van der Waals surface area (Å²) in [6, 6.07) is 5.16. The highest BCUT2D eigenvalue weighted by atomic mass is 32.2. The molecule has 1 aromatic heterocycles. The van der Waals surface area contributed by atoms with Gasteiger partial charge in [0.25, 0.3) is 5.91 Å². The zero-order chi connectivity index (χ0) is 15.0. The minimum Gasteiger partial charge on any atom is -0.307 e. The SMILES string of the molecule is O=C1NC(=S)SC1=Cc1cc(-c2cc(F)cc(F)c2)cs1. The van der Waals surface area contributed by atoms with Gasteiger partial charge in [0.2, 0.25) is 0 Å². The minimum atomic E-state index is -0.618. The molecular formula is C14H7F2NOS3. The van der Waals surface area contributed by atoms with Crippen molar-refractivity contribution in [2.24, 2.45) is 0 Å². The molecule has 1 fully saturated rings. The van der Waals surface area contributed by atoms with Crippen molar-refractivity contribution in [1.29, 1.82) is 0 Å². The zero-order valence-electron chi connectivity index (χ0n) is 10.4. The Kier molecular flexibility index (Phi) is 3.88. The average Bonchev–Trinajstić information content (AvgIpc) is 2.96. The average molecular weight is 339 g/mol. The summed E-state index contributed by atoms with van der Waals surface area (Å²) in [7, 11) is 0. The predicted octanol–water partition coefficient (Wildman–Crippen LogP) is 4.18. The number of amides is 1. The van der Waals surface area contributed by atoms with Crippen LogP contribution in [0.3, 0.4) is 0 Å². The number of rotatable bonds is 2. The van der Waals surface area contributed by atoms with Crippen LogP contribution in [-0.4, -0.2) is 10.2 Å². The molecule has 0 saturated carbocycles. The summed E-state index contributed by atoms with van der Waals surface area (Å²) >= 11 is 7.50. The molecule has 0 atom stereocenters. The molecule has 0 unspecified atom stereocenters. The second-order valence-corrected chi connectivity index (χ2v) is 6.91. The Bertz CT molecular complexity index is 762. The molecule has 2 aromatic rings. The Morgan fingerprint density at radius 2 is 1.81 bits per heavy atom. The van der Waals surface area contributed by atoms with Crippen molar-refractivity contribution in [3.05, 3.63) is 51.1 Å². The van der Waals surface area contributed by atoms with Crippen LogP contribution in [0.25, 0.3) is 17.2 Å². The van der Waals surface area contributed by atoms with Crippen LogP contribution in [-0.2, 0) is 4.79 Å². The number of hydrogen-bond acceptors (Lipinski definition) is 4. The number of thiophene rings is 1. The maximum atomic E-state index is 13.2. The highest BCUT2D eigenvalue weighted by Crippen LogP contribution is 2.31. The second kappa shape index (κ2) is 5.67. The van der Waals surface area contributed by atoms with Crippen LogP contribution in [0.4, 0.5) is 8.78 Å². The van der Waals surface area contributed by atoms with E-state index in [-0.39, 0.29) is 5.91 Å². The third-order valence-electron chi connectivity index (χ3n) is 2.73. The van der Waals surface area contributed by atoms with Crippen molar-refractivity contribution < 1.29 is 13.6 Å². The van der Waals surface area contributed by atoms with Gasteiger partial charge in [-0.05, 0) is 40.8 Å². The normalized spacial score (nSPS) is 16.6. The Morgan fingerprint density at radius 3 is 2.43 bits per heavy atom. The molecule has 0 aliphatic carbocycles. The first kappa shape index (κ1) is 14.4. The van der Waals surface area contributed by atoms with Crippen LogP contribution in [0.15, 0.2) is 34.6 Å². The summed E-state index contributed by atoms with van der Waals surface area (Å²) in [6.45, 7) is 0. The van der Waals surface area contributed by atoms with Crippen LogP contribution in [0.5, 0.6) is 0 Å². The summed E-state index contributed by atoms with van der Waals surface area (Å²) < 4.78 is 26.9. The third-order valence-corrected chi connectivity index (χ3v) is 4.77. The van der Waals surface area contributed by atoms with Gasteiger partial charge in [-0.1, -0.05) is 24.0 Å². The van der Waals surface area contributed by atoms with E-state index in [0.717, 1.165) is 10.9 Å². The van der Waals surface area contributed by atoms with Crippen molar-refractivity contribution in [1.82, 2.24) is 5.32 Å². The molecule has 0 bridgehead atoms. The highest BCUT2D eigenvalue weighted by molar-refractivity contribution is 8.26. The number of halogens is 2. The molecule has 1 aliphatic rings. The molecule has 1 N–H and O–H groups in total. The molecule has 2 nitrogen and oxygen atoms in total. The molecule has 1 aromatic carbocycles. The maximum absolute atomic E-state index is 13.2. The Labute approximate surface area is 132 Å². The van der Waals surface area contributed by atoms with Crippen molar-refractivity contribution >= 4 is 51.6 Å². The van der Waals surface area contributed by atoms with E-state index in [1.165, 1.54) is 35.2 Å². The first-order valence-corrected chi connectivity index (χ1v) is 7.91. The number of thioether (sulfide) groups is 1. The molecule has 7 heteroatoms. The quantitative estimate of drug-likeness (QED) is 0.657. The standard InChI is InChI=1S/C14H7F2NOS3/c15-9-1-7(2-10(16)4-9)8-3-11(20-6-8)5-12-13(18)17-14(19)21-12/h1-6H,(H,17,18,19). The number of carbonyl (C=O) groups is 1. The van der Waals surface area contributed by atoms with Gasteiger partial charge in [0.15, 0.2) is 0 Å². The topological polar surface area (TPSA) is 29.1 Å². The lowest BCUT2D eigenvalue weighted by Gasteiger charge is -1.98. The van der Waals surface area contributed by atoms with E-state index in [2.05, 4.69) is 5.32 Å². The second-order valence-electron chi connectivity index (χ2n) is 4.25. The summed E-state index contributed by atoms with van der Waals surface area (Å²) in [5.41, 5.74) is 1.17. The fraction of sp³-hybridized carbons (Fsp3) is 0. The van der Waals surface area contributed by atoms with Crippen molar-refractivity contribution in [2.75, 3.05) is 0 Å². The van der Waals surface area contributed by atoms with Crippen molar-refractivity contribution in [3.63, 3.8) is 0 Å². The molecule has 0 spiro atoms. The zero-order valence-corrected chi connectivity index (χ0v) is 12.8. The summed E-state index contributed by atoms with van der Waals surface area (Å²) in [5.74, 6) is -1.46. The predicted molar refractivity (Wildman–Crippen MR) is 86.0 cm³/mol. The molecule has 1 aliphatic heterocycles. The fourth-order valence-electron chi connectivity index (χ4n) is 1.85. The van der Waals surface area contributed by atoms with Gasteiger partial charge in [-0.3, -0.25) is 4.79 Å². The number of hydrogen-bond donors (Lipinski definition) is 1. The van der Waals surface area contributed by atoms with Gasteiger partial charge in [0.1, 0.15) is 16.0 Å². The van der Waals surface area contributed by atoms with Crippen LogP contribution < -0.4 is 5.32 Å². The molecule has 106 valence electrons. The lowest BCUT2D eigenvalue weighted by Crippen LogP contribution is -2.17. The van der Waals surface area contributed by atoms with Gasteiger partial charge in [0, 0.05) is 10.9 Å². The number of thiocarbonyl (C=S) groups is 1. The number of benzene rings is 1. The lowest BCUT2D eigenvalue weighted by molar-refractivity contribution is -0.115. The Hall–Kier alpha value is -1.57. The van der Waals surface area contributed by atoms with Crippen LogP contribution in [0, 0.1) is 11.6 Å². The van der Waals surface area contributed by atoms with Gasteiger partial charge < -0.3 is 5.32 Å². The molecular weight excluding hydrogens is 332 g/mol. The first-order chi connectivity index (χ1) is 10.0. The Balaban J connectivity index is 1.92. The summed E-state index contributed by atoms with van der Waals surface area (Å²) in [6.07, 6.45) is 1.71. The first-order valence-electron chi connectivity index (χ1n) is 5.81. The van der Waals surface area contributed by atoms with Crippen LogP contribution in [0.2, 0.25) is 0 Å². The number of nitrogens with one attached hydrogen (secondary N) is 1. The largest absolute Gasteiger partial charge is 0.307 e. The van der Waals surface area contributed by atoms with E-state index in [1.54, 1.807) is 17.5 Å². The molecule has 2 heterocycles. The third kappa shape index (κ3) is 3.20. The smallest absolute Gasteiger partial charge is 0.263 e. The van der Waals surface area contributed by atoms with Crippen molar-refractivity contribution in [2.45, 2.75) is 0 Å². The van der Waals surface area contributed by atoms with Gasteiger partial charge in [0.05, 0.1) is 4.91 Å². The molecule has 21 heavy (non-hydrogen) atoms. The maximum Gasteiger partial charge on any atom is 0.263 e. The molecule has 1 amide bonds. The molecule has 3 rings (SSSR count). The lowest BCUT2D eigenvalue weighted by atomic mass is 10.1. The van der Waals surface area contributed by atoms with E-state index in [1.807, 2.05) is 0 Å². The van der Waals surface area contributed by atoms with Crippen LogP contribution in [0.1, 0.15) is 4.88 Å². The van der Waals surface area contributed by atoms with Gasteiger partial charge in [-0.15, -0.1) is 11.3 Å². The molecule has 1 saturated heterocycles.